The lowest BCUT2D eigenvalue weighted by atomic mass is 10.0. The smallest absolute Gasteiger partial charge is 0.264 e. The first-order valence-electron chi connectivity index (χ1n) is 15.8. The minimum atomic E-state index is -4.26. The standard InChI is InChI=1S/C37H42ClN3O5S/c1-4-6-23-39-37(43)34(25-29-13-8-7-9-14-29)40(26-30-15-12-16-31(38)24-30)36(42)27-41(33-17-10-11-18-35(33)46-5-2)47(44,45)32-21-19-28(3)20-22-32/h7-22,24,34H,4-6,23,25-27H2,1-3H3,(H,39,43)/t34-/m1/s1. The van der Waals surface area contributed by atoms with Crippen LogP contribution in [0.5, 0.6) is 5.75 Å². The average molecular weight is 676 g/mol. The summed E-state index contributed by atoms with van der Waals surface area (Å²) in [5.74, 6) is -0.558. The van der Waals surface area contributed by atoms with Gasteiger partial charge in [-0.3, -0.25) is 13.9 Å². The van der Waals surface area contributed by atoms with Gasteiger partial charge in [0.1, 0.15) is 18.3 Å². The van der Waals surface area contributed by atoms with Crippen molar-refractivity contribution in [3.05, 3.63) is 125 Å². The number of nitrogens with zero attached hydrogens (tertiary/aromatic N) is 2. The zero-order chi connectivity index (χ0) is 33.8. The van der Waals surface area contributed by atoms with Gasteiger partial charge in [-0.15, -0.1) is 0 Å². The first-order chi connectivity index (χ1) is 22.6. The number of unbranched alkanes of at least 4 members (excludes halogenated alkanes) is 1. The van der Waals surface area contributed by atoms with E-state index in [4.69, 9.17) is 16.3 Å². The highest BCUT2D eigenvalue weighted by Gasteiger charge is 2.35. The number of carbonyl (C=O) groups is 2. The first-order valence-corrected chi connectivity index (χ1v) is 17.6. The van der Waals surface area contributed by atoms with E-state index in [0.29, 0.717) is 29.5 Å². The van der Waals surface area contributed by atoms with E-state index in [-0.39, 0.29) is 29.5 Å². The van der Waals surface area contributed by atoms with Gasteiger partial charge in [0.2, 0.25) is 11.8 Å². The molecule has 0 saturated heterocycles. The number of halogens is 1. The Morgan fingerprint density at radius 3 is 2.23 bits per heavy atom. The van der Waals surface area contributed by atoms with Crippen molar-refractivity contribution in [1.82, 2.24) is 10.2 Å². The number of rotatable bonds is 16. The van der Waals surface area contributed by atoms with Crippen LogP contribution in [0, 0.1) is 6.92 Å². The van der Waals surface area contributed by atoms with Crippen molar-refractivity contribution in [3.63, 3.8) is 0 Å². The molecule has 0 heterocycles. The van der Waals surface area contributed by atoms with Crippen LogP contribution >= 0.6 is 11.6 Å². The summed E-state index contributed by atoms with van der Waals surface area (Å²) >= 11 is 6.33. The quantitative estimate of drug-likeness (QED) is 0.132. The van der Waals surface area contributed by atoms with Gasteiger partial charge in [0.15, 0.2) is 0 Å². The Bertz CT molecular complexity index is 1730. The molecule has 0 aliphatic rings. The summed E-state index contributed by atoms with van der Waals surface area (Å²) < 4.78 is 35.6. The number of hydrogen-bond donors (Lipinski definition) is 1. The summed E-state index contributed by atoms with van der Waals surface area (Å²) in [5, 5.41) is 3.48. The highest BCUT2D eigenvalue weighted by atomic mass is 35.5. The Morgan fingerprint density at radius 1 is 0.872 bits per heavy atom. The highest BCUT2D eigenvalue weighted by Crippen LogP contribution is 2.33. The van der Waals surface area contributed by atoms with Crippen molar-refractivity contribution in [3.8, 4) is 5.75 Å². The molecule has 0 fully saturated rings. The van der Waals surface area contributed by atoms with E-state index >= 15 is 0 Å². The molecule has 0 radical (unpaired) electrons. The van der Waals surface area contributed by atoms with Crippen LogP contribution < -0.4 is 14.4 Å². The number of aryl methyl sites for hydroxylation is 1. The molecule has 0 unspecified atom stereocenters. The minimum Gasteiger partial charge on any atom is -0.492 e. The molecular weight excluding hydrogens is 634 g/mol. The van der Waals surface area contributed by atoms with Gasteiger partial charge in [-0.1, -0.05) is 97.2 Å². The number of ether oxygens (including phenoxy) is 1. The van der Waals surface area contributed by atoms with E-state index in [1.54, 1.807) is 61.5 Å². The Labute approximate surface area is 283 Å². The topological polar surface area (TPSA) is 96.0 Å². The van der Waals surface area contributed by atoms with Gasteiger partial charge >= 0.3 is 0 Å². The van der Waals surface area contributed by atoms with E-state index in [0.717, 1.165) is 28.3 Å². The number of amides is 2. The molecular formula is C37H42ClN3O5S. The summed E-state index contributed by atoms with van der Waals surface area (Å²) in [5.41, 5.74) is 2.68. The molecule has 4 rings (SSSR count). The van der Waals surface area contributed by atoms with Gasteiger partial charge in [0, 0.05) is 24.5 Å². The van der Waals surface area contributed by atoms with Gasteiger partial charge in [0.25, 0.3) is 10.0 Å². The lowest BCUT2D eigenvalue weighted by Gasteiger charge is -2.34. The number of anilines is 1. The molecule has 8 nitrogen and oxygen atoms in total. The van der Waals surface area contributed by atoms with Crippen LogP contribution in [0.4, 0.5) is 5.69 Å². The van der Waals surface area contributed by atoms with Crippen LogP contribution in [-0.2, 0) is 32.6 Å². The fourth-order valence-corrected chi connectivity index (χ4v) is 6.82. The average Bonchev–Trinajstić information content (AvgIpc) is 3.06. The van der Waals surface area contributed by atoms with Gasteiger partial charge < -0.3 is 15.0 Å². The molecule has 0 aliphatic carbocycles. The molecule has 4 aromatic rings. The van der Waals surface area contributed by atoms with Crippen molar-refractivity contribution in [2.75, 3.05) is 24.0 Å². The highest BCUT2D eigenvalue weighted by molar-refractivity contribution is 7.92. The second-order valence-corrected chi connectivity index (χ2v) is 13.5. The van der Waals surface area contributed by atoms with Crippen molar-refractivity contribution in [2.24, 2.45) is 0 Å². The fourth-order valence-electron chi connectivity index (χ4n) is 5.18. The molecule has 10 heteroatoms. The second-order valence-electron chi connectivity index (χ2n) is 11.2. The van der Waals surface area contributed by atoms with Crippen molar-refractivity contribution < 1.29 is 22.7 Å². The van der Waals surface area contributed by atoms with Crippen LogP contribution in [0.1, 0.15) is 43.4 Å². The Kier molecular flexibility index (Phi) is 12.8. The number of para-hydroxylation sites is 2. The van der Waals surface area contributed by atoms with Crippen LogP contribution in [0.2, 0.25) is 5.02 Å². The summed E-state index contributed by atoms with van der Waals surface area (Å²) in [7, 11) is -4.26. The Balaban J connectivity index is 1.83. The maximum absolute atomic E-state index is 14.6. The summed E-state index contributed by atoms with van der Waals surface area (Å²) in [6.45, 7) is 5.91. The maximum Gasteiger partial charge on any atom is 0.264 e. The second kappa shape index (κ2) is 17.0. The van der Waals surface area contributed by atoms with Crippen molar-refractivity contribution >= 4 is 39.1 Å². The molecule has 1 atom stereocenters. The molecule has 4 aromatic carbocycles. The normalized spacial score (nSPS) is 11.8. The first kappa shape index (κ1) is 35.5. The van der Waals surface area contributed by atoms with E-state index in [1.807, 2.05) is 50.2 Å². The van der Waals surface area contributed by atoms with Crippen LogP contribution in [0.3, 0.4) is 0 Å². The summed E-state index contributed by atoms with van der Waals surface area (Å²) in [4.78, 5) is 30.0. The van der Waals surface area contributed by atoms with Gasteiger partial charge in [0.05, 0.1) is 17.2 Å². The number of hydrogen-bond acceptors (Lipinski definition) is 5. The molecule has 2 amide bonds. The zero-order valence-electron chi connectivity index (χ0n) is 27.1. The number of nitrogens with one attached hydrogen (secondary N) is 1. The number of sulfonamides is 1. The predicted octanol–water partition coefficient (Wildman–Crippen LogP) is 6.80. The third-order valence-electron chi connectivity index (χ3n) is 7.66. The monoisotopic (exact) mass is 675 g/mol. The van der Waals surface area contributed by atoms with Gasteiger partial charge in [-0.2, -0.15) is 0 Å². The molecule has 0 spiro atoms. The fraction of sp³-hybridized carbons (Fsp3) is 0.297. The van der Waals surface area contributed by atoms with Crippen molar-refractivity contribution in [2.45, 2.75) is 57.5 Å². The largest absolute Gasteiger partial charge is 0.492 e. The Morgan fingerprint density at radius 2 is 1.55 bits per heavy atom. The maximum atomic E-state index is 14.6. The van der Waals surface area contributed by atoms with E-state index in [9.17, 15) is 18.0 Å². The molecule has 0 aliphatic heterocycles. The third kappa shape index (κ3) is 9.59. The molecule has 0 aromatic heterocycles. The van der Waals surface area contributed by atoms with E-state index < -0.39 is 28.5 Å². The Hall–Kier alpha value is -4.34. The zero-order valence-corrected chi connectivity index (χ0v) is 28.6. The SMILES string of the molecule is CCCCNC(=O)[C@@H](Cc1ccccc1)N(Cc1cccc(Cl)c1)C(=O)CN(c1ccccc1OCC)S(=O)(=O)c1ccc(C)cc1. The molecule has 248 valence electrons. The van der Waals surface area contributed by atoms with Crippen molar-refractivity contribution in [1.29, 1.82) is 0 Å². The lowest BCUT2D eigenvalue weighted by molar-refractivity contribution is -0.140. The lowest BCUT2D eigenvalue weighted by Crippen LogP contribution is -2.53. The predicted molar refractivity (Wildman–Crippen MR) is 187 cm³/mol. The molecule has 1 N–H and O–H groups in total. The minimum absolute atomic E-state index is 0.0294. The van der Waals surface area contributed by atoms with Crippen LogP contribution in [0.25, 0.3) is 0 Å². The molecule has 47 heavy (non-hydrogen) atoms. The third-order valence-corrected chi connectivity index (χ3v) is 9.67. The summed E-state index contributed by atoms with van der Waals surface area (Å²) in [6.07, 6.45) is 1.90. The van der Waals surface area contributed by atoms with Gasteiger partial charge in [-0.05, 0) is 67.8 Å². The number of benzene rings is 4. The van der Waals surface area contributed by atoms with E-state index in [1.165, 1.54) is 17.0 Å². The van der Waals surface area contributed by atoms with Crippen LogP contribution in [0.15, 0.2) is 108 Å². The van der Waals surface area contributed by atoms with E-state index in [2.05, 4.69) is 5.32 Å². The van der Waals surface area contributed by atoms with Gasteiger partial charge in [-0.25, -0.2) is 8.42 Å². The number of carbonyl (C=O) groups excluding carboxylic acids is 2. The molecule has 0 saturated carbocycles. The summed E-state index contributed by atoms with van der Waals surface area (Å²) in [6, 6.07) is 28.8. The van der Waals surface area contributed by atoms with Crippen LogP contribution in [-0.4, -0.2) is 50.9 Å². The molecule has 0 bridgehead atoms.